The molecule has 21 heavy (non-hydrogen) atoms. The van der Waals surface area contributed by atoms with Crippen LogP contribution in [0.1, 0.15) is 70.6 Å². The van der Waals surface area contributed by atoms with Gasteiger partial charge in [-0.05, 0) is 40.0 Å². The molecule has 1 amide bonds. The number of rotatable bonds is 5. The van der Waals surface area contributed by atoms with Crippen molar-refractivity contribution in [3.63, 3.8) is 0 Å². The molecule has 1 aromatic rings. The van der Waals surface area contributed by atoms with E-state index in [1.807, 2.05) is 20.8 Å². The van der Waals surface area contributed by atoms with Crippen LogP contribution in [0.3, 0.4) is 0 Å². The molecule has 0 radical (unpaired) electrons. The van der Waals surface area contributed by atoms with Gasteiger partial charge < -0.3 is 15.6 Å². The maximum absolute atomic E-state index is 12.0. The number of aromatic nitrogens is 3. The SMILES string of the molecule is CC(NC(=O)CCC(C)(C)N)c1nnc2n1CCCCC2. The van der Waals surface area contributed by atoms with Crippen molar-refractivity contribution in [1.29, 1.82) is 0 Å². The van der Waals surface area contributed by atoms with Crippen LogP contribution in [0.15, 0.2) is 0 Å². The van der Waals surface area contributed by atoms with Gasteiger partial charge >= 0.3 is 0 Å². The van der Waals surface area contributed by atoms with Gasteiger partial charge in [-0.25, -0.2) is 0 Å². The van der Waals surface area contributed by atoms with Gasteiger partial charge in [-0.3, -0.25) is 4.79 Å². The van der Waals surface area contributed by atoms with Crippen molar-refractivity contribution in [3.05, 3.63) is 11.6 Å². The van der Waals surface area contributed by atoms with Crippen LogP contribution in [0.4, 0.5) is 0 Å². The van der Waals surface area contributed by atoms with E-state index in [0.29, 0.717) is 12.8 Å². The van der Waals surface area contributed by atoms with Crippen LogP contribution in [-0.2, 0) is 17.8 Å². The molecule has 118 valence electrons. The Hall–Kier alpha value is -1.43. The van der Waals surface area contributed by atoms with Crippen molar-refractivity contribution in [3.8, 4) is 0 Å². The zero-order chi connectivity index (χ0) is 15.5. The molecular formula is C15H27N5O. The molecule has 0 aromatic carbocycles. The number of nitrogens with two attached hydrogens (primary N) is 1. The monoisotopic (exact) mass is 293 g/mol. The van der Waals surface area contributed by atoms with E-state index in [1.165, 1.54) is 12.8 Å². The maximum Gasteiger partial charge on any atom is 0.220 e. The van der Waals surface area contributed by atoms with E-state index in [1.54, 1.807) is 0 Å². The highest BCUT2D eigenvalue weighted by atomic mass is 16.1. The summed E-state index contributed by atoms with van der Waals surface area (Å²) in [6.45, 7) is 6.78. The minimum Gasteiger partial charge on any atom is -0.346 e. The molecule has 2 heterocycles. The van der Waals surface area contributed by atoms with Crippen LogP contribution in [0.2, 0.25) is 0 Å². The highest BCUT2D eigenvalue weighted by Crippen LogP contribution is 2.18. The summed E-state index contributed by atoms with van der Waals surface area (Å²) in [5.74, 6) is 1.94. The van der Waals surface area contributed by atoms with Gasteiger partial charge in [0.15, 0.2) is 5.82 Å². The first-order chi connectivity index (χ1) is 9.87. The van der Waals surface area contributed by atoms with Crippen LogP contribution in [0.25, 0.3) is 0 Å². The van der Waals surface area contributed by atoms with Gasteiger partial charge in [0.05, 0.1) is 6.04 Å². The molecule has 3 N–H and O–H groups in total. The molecule has 1 atom stereocenters. The van der Waals surface area contributed by atoms with Gasteiger partial charge in [0.1, 0.15) is 5.82 Å². The fourth-order valence-corrected chi connectivity index (χ4v) is 2.64. The van der Waals surface area contributed by atoms with Crippen LogP contribution in [-0.4, -0.2) is 26.2 Å². The number of carbonyl (C=O) groups excluding carboxylic acids is 1. The minimum atomic E-state index is -0.313. The largest absolute Gasteiger partial charge is 0.346 e. The number of amides is 1. The highest BCUT2D eigenvalue weighted by molar-refractivity contribution is 5.76. The Morgan fingerprint density at radius 3 is 2.86 bits per heavy atom. The Bertz CT molecular complexity index is 489. The third kappa shape index (κ3) is 4.52. The first-order valence-corrected chi connectivity index (χ1v) is 7.87. The van der Waals surface area contributed by atoms with Crippen molar-refractivity contribution in [2.24, 2.45) is 5.73 Å². The third-order valence-corrected chi connectivity index (χ3v) is 3.90. The van der Waals surface area contributed by atoms with Gasteiger partial charge in [0.25, 0.3) is 0 Å². The van der Waals surface area contributed by atoms with E-state index in [4.69, 9.17) is 5.73 Å². The van der Waals surface area contributed by atoms with Crippen LogP contribution < -0.4 is 11.1 Å². The number of nitrogens with zero attached hydrogens (tertiary/aromatic N) is 3. The van der Waals surface area contributed by atoms with E-state index in [-0.39, 0.29) is 17.5 Å². The summed E-state index contributed by atoms with van der Waals surface area (Å²) < 4.78 is 2.17. The molecule has 1 unspecified atom stereocenters. The van der Waals surface area contributed by atoms with E-state index in [9.17, 15) is 4.79 Å². The lowest BCUT2D eigenvalue weighted by Gasteiger charge is -2.19. The van der Waals surface area contributed by atoms with Crippen LogP contribution in [0.5, 0.6) is 0 Å². The summed E-state index contributed by atoms with van der Waals surface area (Å²) in [5, 5.41) is 11.6. The molecule has 6 heteroatoms. The molecular weight excluding hydrogens is 266 g/mol. The van der Waals surface area contributed by atoms with Gasteiger partial charge in [-0.1, -0.05) is 6.42 Å². The summed E-state index contributed by atoms with van der Waals surface area (Å²) in [6.07, 6.45) is 5.65. The highest BCUT2D eigenvalue weighted by Gasteiger charge is 2.21. The van der Waals surface area contributed by atoms with Crippen LogP contribution >= 0.6 is 0 Å². The lowest BCUT2D eigenvalue weighted by atomic mass is 10.00. The number of nitrogens with one attached hydrogen (secondary N) is 1. The van der Waals surface area contributed by atoms with Crippen molar-refractivity contribution in [1.82, 2.24) is 20.1 Å². The number of aryl methyl sites for hydroxylation is 1. The number of hydrogen-bond donors (Lipinski definition) is 2. The quantitative estimate of drug-likeness (QED) is 0.865. The average molecular weight is 293 g/mol. The lowest BCUT2D eigenvalue weighted by molar-refractivity contribution is -0.122. The van der Waals surface area contributed by atoms with Crippen molar-refractivity contribution in [2.45, 2.75) is 77.4 Å². The van der Waals surface area contributed by atoms with Crippen LogP contribution in [0, 0.1) is 0 Å². The topological polar surface area (TPSA) is 85.8 Å². The average Bonchev–Trinajstić information content (AvgIpc) is 2.65. The standard InChI is InChI=1S/C15H27N5O/c1-11(17-13(21)8-9-15(2,3)16)14-19-18-12-7-5-4-6-10-20(12)14/h11H,4-10,16H2,1-3H3,(H,17,21). The Balaban J connectivity index is 1.96. The molecule has 1 aliphatic rings. The molecule has 0 aliphatic carbocycles. The zero-order valence-electron chi connectivity index (χ0n) is 13.4. The summed E-state index contributed by atoms with van der Waals surface area (Å²) in [5.41, 5.74) is 5.60. The number of fused-ring (bicyclic) bond motifs is 1. The fraction of sp³-hybridized carbons (Fsp3) is 0.800. The molecule has 2 rings (SSSR count). The minimum absolute atomic E-state index is 0.0204. The summed E-state index contributed by atoms with van der Waals surface area (Å²) >= 11 is 0. The predicted molar refractivity (Wildman–Crippen MR) is 81.6 cm³/mol. The van der Waals surface area contributed by atoms with Crippen molar-refractivity contribution in [2.75, 3.05) is 0 Å². The van der Waals surface area contributed by atoms with Crippen molar-refractivity contribution >= 4 is 5.91 Å². The molecule has 0 spiro atoms. The predicted octanol–water partition coefficient (Wildman–Crippen LogP) is 1.70. The smallest absolute Gasteiger partial charge is 0.220 e. The summed E-state index contributed by atoms with van der Waals surface area (Å²) in [7, 11) is 0. The van der Waals surface area contributed by atoms with Gasteiger partial charge in [0, 0.05) is 24.9 Å². The number of hydrogen-bond acceptors (Lipinski definition) is 4. The maximum atomic E-state index is 12.0. The second-order valence-corrected chi connectivity index (χ2v) is 6.71. The van der Waals surface area contributed by atoms with E-state index in [0.717, 1.165) is 31.0 Å². The first kappa shape index (κ1) is 15.9. The molecule has 6 nitrogen and oxygen atoms in total. The first-order valence-electron chi connectivity index (χ1n) is 7.87. The summed E-state index contributed by atoms with van der Waals surface area (Å²) in [4.78, 5) is 12.0. The molecule has 1 aromatic heterocycles. The van der Waals surface area contributed by atoms with Gasteiger partial charge in [-0.15, -0.1) is 10.2 Å². The number of carbonyl (C=O) groups is 1. The fourth-order valence-electron chi connectivity index (χ4n) is 2.64. The molecule has 0 saturated carbocycles. The lowest BCUT2D eigenvalue weighted by Crippen LogP contribution is -2.35. The second kappa shape index (κ2) is 6.56. The Labute approximate surface area is 126 Å². The molecule has 0 fully saturated rings. The van der Waals surface area contributed by atoms with E-state index in [2.05, 4.69) is 20.1 Å². The Kier molecular flexibility index (Phi) is 4.98. The Morgan fingerprint density at radius 2 is 2.14 bits per heavy atom. The van der Waals surface area contributed by atoms with E-state index >= 15 is 0 Å². The summed E-state index contributed by atoms with van der Waals surface area (Å²) in [6, 6.07) is -0.113. The second-order valence-electron chi connectivity index (χ2n) is 6.71. The normalized spacial score (nSPS) is 17.0. The van der Waals surface area contributed by atoms with E-state index < -0.39 is 0 Å². The van der Waals surface area contributed by atoms with Gasteiger partial charge in [-0.2, -0.15) is 0 Å². The van der Waals surface area contributed by atoms with Crippen molar-refractivity contribution < 1.29 is 4.79 Å². The third-order valence-electron chi connectivity index (χ3n) is 3.90. The zero-order valence-corrected chi connectivity index (χ0v) is 13.4. The van der Waals surface area contributed by atoms with Gasteiger partial charge in [0.2, 0.25) is 5.91 Å². The molecule has 0 bridgehead atoms. The Morgan fingerprint density at radius 1 is 1.38 bits per heavy atom. The molecule has 1 aliphatic heterocycles. The molecule has 0 saturated heterocycles.